The number of likely N-dealkylation sites (tertiary alicyclic amines) is 1. The van der Waals surface area contributed by atoms with Gasteiger partial charge in [0.1, 0.15) is 11.5 Å². The molecule has 1 heterocycles. The molecule has 1 amide bonds. The lowest BCUT2D eigenvalue weighted by Crippen LogP contribution is -2.30. The Kier molecular flexibility index (Phi) is 7.01. The number of ether oxygens (including phenoxy) is 1. The van der Waals surface area contributed by atoms with E-state index in [1.165, 1.54) is 0 Å². The lowest BCUT2D eigenvalue weighted by Gasteiger charge is -2.25. The van der Waals surface area contributed by atoms with Gasteiger partial charge >= 0.3 is 0 Å². The summed E-state index contributed by atoms with van der Waals surface area (Å²) in [4.78, 5) is 27.7. The van der Waals surface area contributed by atoms with Crippen molar-refractivity contribution < 1.29 is 19.4 Å². The van der Waals surface area contributed by atoms with Gasteiger partial charge in [-0.3, -0.25) is 9.59 Å². The van der Waals surface area contributed by atoms with E-state index in [9.17, 15) is 14.7 Å². The van der Waals surface area contributed by atoms with Gasteiger partial charge in [0.05, 0.1) is 17.7 Å². The molecule has 5 heteroatoms. The third kappa shape index (κ3) is 4.97. The highest BCUT2D eigenvalue weighted by Gasteiger charge is 2.45. The third-order valence-corrected chi connectivity index (χ3v) is 5.93. The fourth-order valence-electron chi connectivity index (χ4n) is 4.19. The van der Waals surface area contributed by atoms with Crippen LogP contribution in [-0.2, 0) is 15.0 Å². The van der Waals surface area contributed by atoms with Gasteiger partial charge in [-0.25, -0.2) is 0 Å². The lowest BCUT2D eigenvalue weighted by molar-refractivity contribution is -0.139. The number of ketones is 1. The SMILES string of the molecule is CCCN1C(=O)C(=O)/C(=C(/O)c2cc(C(C)(C)C)ccc2C)C1c1ccc(OC(C)C)cc1. The Morgan fingerprint density at radius 2 is 1.73 bits per heavy atom. The van der Waals surface area contributed by atoms with E-state index in [4.69, 9.17) is 4.74 Å². The number of nitrogens with zero attached hydrogens (tertiary/aromatic N) is 1. The van der Waals surface area contributed by atoms with Crippen molar-refractivity contribution in [2.45, 2.75) is 72.4 Å². The van der Waals surface area contributed by atoms with Crippen LogP contribution < -0.4 is 4.74 Å². The van der Waals surface area contributed by atoms with Crippen LogP contribution >= 0.6 is 0 Å². The van der Waals surface area contributed by atoms with Crippen molar-refractivity contribution in [3.05, 3.63) is 70.3 Å². The van der Waals surface area contributed by atoms with Crippen LogP contribution in [0.2, 0.25) is 0 Å². The standard InChI is InChI=1S/C28H35NO4/c1-8-15-29-24(19-10-13-21(14-11-19)33-17(2)3)23(26(31)27(29)32)25(30)22-16-20(28(5,6)7)12-9-18(22)4/h9-14,16-17,24,30H,8,15H2,1-7H3/b25-23+. The summed E-state index contributed by atoms with van der Waals surface area (Å²) in [5, 5.41) is 11.4. The molecule has 1 fully saturated rings. The number of carbonyl (C=O) groups is 2. The van der Waals surface area contributed by atoms with E-state index in [-0.39, 0.29) is 22.9 Å². The minimum atomic E-state index is -0.644. The minimum absolute atomic E-state index is 0.0413. The number of hydrogen-bond acceptors (Lipinski definition) is 4. The van der Waals surface area contributed by atoms with Crippen LogP contribution in [0.3, 0.4) is 0 Å². The van der Waals surface area contributed by atoms with Gasteiger partial charge in [0, 0.05) is 12.1 Å². The number of aryl methyl sites for hydroxylation is 1. The summed E-state index contributed by atoms with van der Waals surface area (Å²) in [5.74, 6) is -0.623. The molecule has 1 aliphatic rings. The molecule has 1 aliphatic heterocycles. The summed E-state index contributed by atoms with van der Waals surface area (Å²) >= 11 is 0. The van der Waals surface area contributed by atoms with Gasteiger partial charge in [-0.2, -0.15) is 0 Å². The molecule has 1 unspecified atom stereocenters. The zero-order chi connectivity index (χ0) is 24.5. The molecule has 2 aromatic carbocycles. The largest absolute Gasteiger partial charge is 0.507 e. The average Bonchev–Trinajstić information content (AvgIpc) is 2.98. The van der Waals surface area contributed by atoms with Crippen LogP contribution in [0.25, 0.3) is 5.76 Å². The number of carbonyl (C=O) groups excluding carboxylic acids is 2. The zero-order valence-electron chi connectivity index (χ0n) is 20.7. The Morgan fingerprint density at radius 3 is 2.27 bits per heavy atom. The van der Waals surface area contributed by atoms with Crippen LogP contribution in [0.15, 0.2) is 48.0 Å². The van der Waals surface area contributed by atoms with Crippen molar-refractivity contribution >= 4 is 17.4 Å². The van der Waals surface area contributed by atoms with Crippen molar-refractivity contribution in [3.8, 4) is 5.75 Å². The monoisotopic (exact) mass is 449 g/mol. The maximum absolute atomic E-state index is 13.2. The number of hydrogen-bond donors (Lipinski definition) is 1. The maximum atomic E-state index is 13.2. The average molecular weight is 450 g/mol. The minimum Gasteiger partial charge on any atom is -0.507 e. The summed E-state index contributed by atoms with van der Waals surface area (Å²) < 4.78 is 5.74. The molecule has 33 heavy (non-hydrogen) atoms. The van der Waals surface area contributed by atoms with E-state index in [0.717, 1.165) is 22.4 Å². The molecular weight excluding hydrogens is 414 g/mol. The van der Waals surface area contributed by atoms with Gasteiger partial charge in [-0.15, -0.1) is 0 Å². The van der Waals surface area contributed by atoms with Gasteiger partial charge in [-0.05, 0) is 67.5 Å². The highest BCUT2D eigenvalue weighted by Crippen LogP contribution is 2.41. The Morgan fingerprint density at radius 1 is 1.09 bits per heavy atom. The third-order valence-electron chi connectivity index (χ3n) is 5.93. The number of Topliss-reactive ketones (excluding diaryl/α,β-unsaturated/α-hetero) is 1. The Hall–Kier alpha value is -3.08. The fraction of sp³-hybridized carbons (Fsp3) is 0.429. The van der Waals surface area contributed by atoms with Gasteiger partial charge in [0.2, 0.25) is 0 Å². The van der Waals surface area contributed by atoms with Gasteiger partial charge in [0.25, 0.3) is 11.7 Å². The van der Waals surface area contributed by atoms with Crippen molar-refractivity contribution in [3.63, 3.8) is 0 Å². The van der Waals surface area contributed by atoms with Gasteiger partial charge in [0.15, 0.2) is 0 Å². The van der Waals surface area contributed by atoms with Gasteiger partial charge in [-0.1, -0.05) is 52.0 Å². The molecular formula is C28H35NO4. The molecule has 0 aromatic heterocycles. The number of aliphatic hydroxyl groups excluding tert-OH is 1. The normalized spacial score (nSPS) is 18.3. The van der Waals surface area contributed by atoms with E-state index in [1.807, 2.05) is 70.2 Å². The fourth-order valence-corrected chi connectivity index (χ4v) is 4.19. The lowest BCUT2D eigenvalue weighted by atomic mass is 9.84. The first kappa shape index (κ1) is 24.6. The summed E-state index contributed by atoms with van der Waals surface area (Å²) in [6.07, 6.45) is 0.746. The quantitative estimate of drug-likeness (QED) is 0.338. The van der Waals surface area contributed by atoms with Crippen molar-refractivity contribution in [2.24, 2.45) is 0 Å². The molecule has 1 saturated heterocycles. The van der Waals surface area contributed by atoms with Crippen molar-refractivity contribution in [1.82, 2.24) is 4.90 Å². The number of benzene rings is 2. The van der Waals surface area contributed by atoms with Crippen molar-refractivity contribution in [1.29, 1.82) is 0 Å². The predicted octanol–water partition coefficient (Wildman–Crippen LogP) is 5.91. The Bertz CT molecular complexity index is 1070. The topological polar surface area (TPSA) is 66.8 Å². The second-order valence-corrected chi connectivity index (χ2v) is 10.0. The zero-order valence-corrected chi connectivity index (χ0v) is 20.7. The smallest absolute Gasteiger partial charge is 0.295 e. The summed E-state index contributed by atoms with van der Waals surface area (Å²) in [5.41, 5.74) is 3.26. The van der Waals surface area contributed by atoms with Gasteiger partial charge < -0.3 is 14.7 Å². The molecule has 0 saturated carbocycles. The Labute approximate surface area is 197 Å². The first-order valence-corrected chi connectivity index (χ1v) is 11.6. The highest BCUT2D eigenvalue weighted by molar-refractivity contribution is 6.46. The molecule has 176 valence electrons. The molecule has 0 aliphatic carbocycles. The van der Waals surface area contributed by atoms with Crippen LogP contribution in [-0.4, -0.2) is 34.3 Å². The van der Waals surface area contributed by atoms with Crippen LogP contribution in [0, 0.1) is 6.92 Å². The number of amides is 1. The molecule has 0 radical (unpaired) electrons. The van der Waals surface area contributed by atoms with Crippen LogP contribution in [0.1, 0.15) is 76.3 Å². The summed E-state index contributed by atoms with van der Waals surface area (Å²) in [6, 6.07) is 12.7. The molecule has 1 N–H and O–H groups in total. The van der Waals surface area contributed by atoms with E-state index in [1.54, 1.807) is 4.90 Å². The van der Waals surface area contributed by atoms with E-state index >= 15 is 0 Å². The molecule has 1 atom stereocenters. The number of rotatable bonds is 6. The first-order valence-electron chi connectivity index (χ1n) is 11.6. The second kappa shape index (κ2) is 9.42. The highest BCUT2D eigenvalue weighted by atomic mass is 16.5. The van der Waals surface area contributed by atoms with Crippen molar-refractivity contribution in [2.75, 3.05) is 6.54 Å². The molecule has 2 aromatic rings. The van der Waals surface area contributed by atoms with E-state index in [2.05, 4.69) is 20.8 Å². The molecule has 0 bridgehead atoms. The maximum Gasteiger partial charge on any atom is 0.295 e. The molecule has 0 spiro atoms. The molecule has 5 nitrogen and oxygen atoms in total. The molecule has 3 rings (SSSR count). The summed E-state index contributed by atoms with van der Waals surface area (Å²) in [7, 11) is 0. The van der Waals surface area contributed by atoms with E-state index < -0.39 is 17.7 Å². The predicted molar refractivity (Wildman–Crippen MR) is 131 cm³/mol. The first-order chi connectivity index (χ1) is 15.5. The van der Waals surface area contributed by atoms with E-state index in [0.29, 0.717) is 18.5 Å². The summed E-state index contributed by atoms with van der Waals surface area (Å²) in [6.45, 7) is 14.5. The Balaban J connectivity index is 2.18. The number of aliphatic hydroxyl groups is 1. The van der Waals surface area contributed by atoms with Crippen LogP contribution in [0.4, 0.5) is 0 Å². The van der Waals surface area contributed by atoms with Crippen LogP contribution in [0.5, 0.6) is 5.75 Å². The second-order valence-electron chi connectivity index (χ2n) is 10.0.